The predicted octanol–water partition coefficient (Wildman–Crippen LogP) is 1.90. The zero-order valence-corrected chi connectivity index (χ0v) is 25.1. The number of ether oxygens (including phenoxy) is 3. The maximum absolute atomic E-state index is 13.8. The van der Waals surface area contributed by atoms with Crippen molar-refractivity contribution >= 4 is 23.3 Å². The zero-order valence-electron chi connectivity index (χ0n) is 25.1. The first-order valence-corrected chi connectivity index (χ1v) is 14.7. The molecule has 0 spiro atoms. The highest BCUT2D eigenvalue weighted by atomic mass is 16.7. The zero-order chi connectivity index (χ0) is 33.1. The largest absolute Gasteiger partial charge is 0.507 e. The van der Waals surface area contributed by atoms with Gasteiger partial charge in [0.15, 0.2) is 17.9 Å². The molecular weight excluding hydrogens is 600 g/mol. The third-order valence-corrected chi connectivity index (χ3v) is 9.01. The second-order valence-corrected chi connectivity index (χ2v) is 11.8. The van der Waals surface area contributed by atoms with E-state index < -0.39 is 95.0 Å². The van der Waals surface area contributed by atoms with Gasteiger partial charge in [0, 0.05) is 53.9 Å². The smallest absolute Gasteiger partial charge is 0.251 e. The predicted molar refractivity (Wildman–Crippen MR) is 158 cm³/mol. The van der Waals surface area contributed by atoms with Crippen molar-refractivity contribution in [3.8, 4) is 17.2 Å². The summed E-state index contributed by atoms with van der Waals surface area (Å²) in [6, 6.07) is 6.57. The number of pyridine rings is 1. The number of rotatable bonds is 6. The number of hydrogen-bond acceptors (Lipinski definition) is 12. The Morgan fingerprint density at radius 1 is 1.04 bits per heavy atom. The van der Waals surface area contributed by atoms with Gasteiger partial charge in [-0.2, -0.15) is 0 Å². The quantitative estimate of drug-likeness (QED) is 0.194. The first kappa shape index (κ1) is 31.3. The Morgan fingerprint density at radius 3 is 2.41 bits per heavy atom. The number of ketones is 3. The number of aliphatic hydroxyl groups excluding tert-OH is 1. The van der Waals surface area contributed by atoms with E-state index in [1.807, 2.05) is 0 Å². The van der Waals surface area contributed by atoms with Crippen LogP contribution in [0.5, 0.6) is 17.2 Å². The highest BCUT2D eigenvalue weighted by Gasteiger charge is 2.49. The van der Waals surface area contributed by atoms with Gasteiger partial charge in [-0.1, -0.05) is 12.1 Å². The van der Waals surface area contributed by atoms with Crippen molar-refractivity contribution in [1.82, 2.24) is 10.3 Å². The number of phenols is 2. The Labute approximate surface area is 262 Å². The fourth-order valence-corrected chi connectivity index (χ4v) is 6.52. The van der Waals surface area contributed by atoms with E-state index in [1.165, 1.54) is 49.8 Å². The van der Waals surface area contributed by atoms with Gasteiger partial charge in [-0.25, -0.2) is 0 Å². The van der Waals surface area contributed by atoms with E-state index in [1.54, 1.807) is 6.92 Å². The fourth-order valence-electron chi connectivity index (χ4n) is 6.52. The molecule has 13 heteroatoms. The van der Waals surface area contributed by atoms with E-state index >= 15 is 0 Å². The Bertz CT molecular complexity index is 1780. The standard InChI is InChI=1S/C33H32N2O11/c1-14-27(37)19(35-32(42)16-7-9-34-10-8-16)11-22(45-14)46-21-13-33(43,15(2)36)12-18-24(21)31(41)26-25(29(18)39)28(38)17-5-4-6-20(44-3)23(17)30(26)40/h4-10,14,19,21-22,27,37,39,41,43H,11-13H2,1-3H3,(H,35,42). The molecule has 0 bridgehead atoms. The van der Waals surface area contributed by atoms with Gasteiger partial charge in [0.25, 0.3) is 5.91 Å². The number of carbonyl (C=O) groups is 4. The molecule has 5 N–H and O–H groups in total. The second-order valence-electron chi connectivity index (χ2n) is 11.8. The van der Waals surface area contributed by atoms with Gasteiger partial charge in [0.1, 0.15) is 29.0 Å². The summed E-state index contributed by atoms with van der Waals surface area (Å²) in [5, 5.41) is 48.2. The highest BCUT2D eigenvalue weighted by molar-refractivity contribution is 6.31. The fraction of sp³-hybridized carbons (Fsp3) is 0.364. The lowest BCUT2D eigenvalue weighted by Gasteiger charge is -2.42. The summed E-state index contributed by atoms with van der Waals surface area (Å²) in [6.45, 7) is 2.73. The van der Waals surface area contributed by atoms with E-state index in [9.17, 15) is 39.6 Å². The number of carbonyl (C=O) groups excluding carboxylic acids is 4. The number of nitrogens with one attached hydrogen (secondary N) is 1. The number of Topliss-reactive ketones (excluding diaryl/α,β-unsaturated/α-hetero) is 1. The number of benzene rings is 2. The van der Waals surface area contributed by atoms with Crippen LogP contribution in [0.25, 0.3) is 0 Å². The molecule has 6 unspecified atom stereocenters. The van der Waals surface area contributed by atoms with Gasteiger partial charge in [0.2, 0.25) is 5.78 Å². The molecule has 2 heterocycles. The summed E-state index contributed by atoms with van der Waals surface area (Å²) in [7, 11) is 1.33. The lowest BCUT2D eigenvalue weighted by Crippen LogP contribution is -2.55. The minimum absolute atomic E-state index is 0.0417. The molecule has 1 aliphatic heterocycles. The number of hydrogen-bond donors (Lipinski definition) is 5. The maximum atomic E-state index is 13.8. The van der Waals surface area contributed by atoms with E-state index in [0.29, 0.717) is 5.56 Å². The molecule has 2 aromatic carbocycles. The first-order valence-electron chi connectivity index (χ1n) is 14.7. The van der Waals surface area contributed by atoms with Crippen LogP contribution in [0, 0.1) is 0 Å². The molecule has 6 atom stereocenters. The van der Waals surface area contributed by atoms with Crippen LogP contribution in [0.1, 0.15) is 86.1 Å². The summed E-state index contributed by atoms with van der Waals surface area (Å²) in [4.78, 5) is 56.9. The molecule has 0 radical (unpaired) electrons. The monoisotopic (exact) mass is 632 g/mol. The molecule has 240 valence electrons. The molecular formula is C33H32N2O11. The number of amides is 1. The van der Waals surface area contributed by atoms with Crippen molar-refractivity contribution in [1.29, 1.82) is 0 Å². The number of aromatic nitrogens is 1. The first-order chi connectivity index (χ1) is 21.9. The van der Waals surface area contributed by atoms with Crippen molar-refractivity contribution in [3.05, 3.63) is 81.7 Å². The molecule has 46 heavy (non-hydrogen) atoms. The van der Waals surface area contributed by atoms with Gasteiger partial charge in [0.05, 0.1) is 42.0 Å². The Morgan fingerprint density at radius 2 is 1.74 bits per heavy atom. The lowest BCUT2D eigenvalue weighted by atomic mass is 9.72. The Balaban J connectivity index is 1.40. The average molecular weight is 633 g/mol. The van der Waals surface area contributed by atoms with Crippen LogP contribution in [0.4, 0.5) is 0 Å². The summed E-state index contributed by atoms with van der Waals surface area (Å²) < 4.78 is 17.4. The van der Waals surface area contributed by atoms with Crippen molar-refractivity contribution in [2.45, 2.75) is 69.4 Å². The molecule has 1 fully saturated rings. The van der Waals surface area contributed by atoms with E-state index in [4.69, 9.17) is 14.2 Å². The van der Waals surface area contributed by atoms with Crippen LogP contribution in [0.2, 0.25) is 0 Å². The van der Waals surface area contributed by atoms with E-state index in [-0.39, 0.29) is 34.4 Å². The van der Waals surface area contributed by atoms with Gasteiger partial charge in [-0.15, -0.1) is 0 Å². The molecule has 0 saturated carbocycles. The minimum Gasteiger partial charge on any atom is -0.507 e. The Hall–Kier alpha value is -4.69. The van der Waals surface area contributed by atoms with Crippen LogP contribution in [-0.4, -0.2) is 85.9 Å². The number of nitrogens with zero attached hydrogens (tertiary/aromatic N) is 1. The van der Waals surface area contributed by atoms with Crippen LogP contribution >= 0.6 is 0 Å². The summed E-state index contributed by atoms with van der Waals surface area (Å²) in [6.07, 6.45) is -2.49. The molecule has 1 amide bonds. The number of aromatic hydroxyl groups is 2. The molecule has 1 aromatic heterocycles. The molecule has 6 rings (SSSR count). The Kier molecular flexibility index (Phi) is 7.89. The number of methoxy groups -OCH3 is 1. The van der Waals surface area contributed by atoms with Gasteiger partial charge < -0.3 is 40.0 Å². The maximum Gasteiger partial charge on any atom is 0.251 e. The van der Waals surface area contributed by atoms with Gasteiger partial charge in [-0.05, 0) is 32.0 Å². The van der Waals surface area contributed by atoms with Gasteiger partial charge >= 0.3 is 0 Å². The summed E-state index contributed by atoms with van der Waals surface area (Å²) >= 11 is 0. The van der Waals surface area contributed by atoms with Crippen molar-refractivity contribution in [2.75, 3.05) is 7.11 Å². The van der Waals surface area contributed by atoms with E-state index in [0.717, 1.165) is 6.92 Å². The van der Waals surface area contributed by atoms with Crippen LogP contribution in [0.15, 0.2) is 42.7 Å². The number of fused-ring (bicyclic) bond motifs is 3. The molecule has 3 aliphatic rings. The minimum atomic E-state index is -2.08. The molecule has 13 nitrogen and oxygen atoms in total. The van der Waals surface area contributed by atoms with Crippen LogP contribution in [-0.2, 0) is 20.7 Å². The molecule has 3 aromatic rings. The second kappa shape index (κ2) is 11.6. The van der Waals surface area contributed by atoms with Crippen molar-refractivity contribution in [3.63, 3.8) is 0 Å². The van der Waals surface area contributed by atoms with Gasteiger partial charge in [-0.3, -0.25) is 24.2 Å². The molecule has 1 saturated heterocycles. The number of aliphatic hydroxyl groups is 2. The average Bonchev–Trinajstić information content (AvgIpc) is 3.03. The summed E-state index contributed by atoms with van der Waals surface area (Å²) in [5.41, 5.74) is -3.04. The summed E-state index contributed by atoms with van der Waals surface area (Å²) in [5.74, 6) is -3.87. The van der Waals surface area contributed by atoms with Crippen molar-refractivity contribution in [2.24, 2.45) is 0 Å². The van der Waals surface area contributed by atoms with Crippen molar-refractivity contribution < 1.29 is 53.8 Å². The lowest BCUT2D eigenvalue weighted by molar-refractivity contribution is -0.248. The topological polar surface area (TPSA) is 202 Å². The number of phenolic OH excluding ortho intramolecular Hbond substituents is 2. The van der Waals surface area contributed by atoms with Crippen LogP contribution < -0.4 is 10.1 Å². The third-order valence-electron chi connectivity index (χ3n) is 9.01. The normalized spacial score (nSPS) is 26.8. The molecule has 2 aliphatic carbocycles. The SMILES string of the molecule is COc1cccc2c1C(=O)c1c(O)c3c(c(O)c1C2=O)CC(O)(C(C)=O)CC3OC1CC(NC(=O)c2ccncc2)C(O)C(C)O1. The van der Waals surface area contributed by atoms with E-state index in [2.05, 4.69) is 10.3 Å². The third kappa shape index (κ3) is 5.01. The highest BCUT2D eigenvalue weighted by Crippen LogP contribution is 2.52. The van der Waals surface area contributed by atoms with Crippen LogP contribution in [0.3, 0.4) is 0 Å².